The van der Waals surface area contributed by atoms with E-state index in [4.69, 9.17) is 5.73 Å². The average Bonchev–Trinajstić information content (AvgIpc) is 2.65. The van der Waals surface area contributed by atoms with Crippen molar-refractivity contribution in [3.8, 4) is 0 Å². The Kier molecular flexibility index (Phi) is 4.60. The highest BCUT2D eigenvalue weighted by molar-refractivity contribution is 7.18. The third-order valence-corrected chi connectivity index (χ3v) is 4.44. The summed E-state index contributed by atoms with van der Waals surface area (Å²) >= 11 is 1.38. The van der Waals surface area contributed by atoms with Gasteiger partial charge in [0.25, 0.3) is 5.91 Å². The highest BCUT2D eigenvalue weighted by Crippen LogP contribution is 2.28. The van der Waals surface area contributed by atoms with Crippen LogP contribution in [0, 0.1) is 0 Å². The Morgan fingerprint density at radius 2 is 2.32 bits per heavy atom. The van der Waals surface area contributed by atoms with E-state index in [1.54, 1.807) is 0 Å². The zero-order valence-corrected chi connectivity index (χ0v) is 12.3. The van der Waals surface area contributed by atoms with Gasteiger partial charge in [-0.25, -0.2) is 4.98 Å². The molecule has 6 nitrogen and oxygen atoms in total. The Morgan fingerprint density at radius 1 is 1.53 bits per heavy atom. The number of hydrogen-bond donors (Lipinski definition) is 2. The van der Waals surface area contributed by atoms with Crippen LogP contribution < -0.4 is 16.0 Å². The summed E-state index contributed by atoms with van der Waals surface area (Å²) in [6.07, 6.45) is 0.978. The normalized spacial score (nSPS) is 16.2. The molecule has 0 radical (unpaired) electrons. The van der Waals surface area contributed by atoms with Gasteiger partial charge in [-0.3, -0.25) is 4.79 Å². The summed E-state index contributed by atoms with van der Waals surface area (Å²) in [6, 6.07) is 0. The number of carbonyl (C=O) groups is 1. The highest BCUT2D eigenvalue weighted by Gasteiger charge is 2.23. The fourth-order valence-electron chi connectivity index (χ4n) is 1.96. The summed E-state index contributed by atoms with van der Waals surface area (Å²) in [5.74, 6) is 0.358. The molecule has 1 amide bonds. The maximum Gasteiger partial charge on any atom is 0.267 e. The summed E-state index contributed by atoms with van der Waals surface area (Å²) in [5.41, 5.74) is 5.89. The second kappa shape index (κ2) is 6.21. The zero-order chi connectivity index (χ0) is 13.8. The predicted molar refractivity (Wildman–Crippen MR) is 78.9 cm³/mol. The molecular weight excluding hydrogens is 262 g/mol. The molecule has 7 heteroatoms. The number of nitrogens with one attached hydrogen (secondary N) is 1. The molecule has 3 N–H and O–H groups in total. The molecule has 2 rings (SSSR count). The van der Waals surface area contributed by atoms with Gasteiger partial charge in [0.05, 0.1) is 0 Å². The molecule has 0 unspecified atom stereocenters. The van der Waals surface area contributed by atoms with Gasteiger partial charge < -0.3 is 20.9 Å². The van der Waals surface area contributed by atoms with Gasteiger partial charge in [0.15, 0.2) is 5.13 Å². The molecule has 0 atom stereocenters. The van der Waals surface area contributed by atoms with Gasteiger partial charge in [0, 0.05) is 33.2 Å². The van der Waals surface area contributed by atoms with Gasteiger partial charge in [-0.05, 0) is 19.9 Å². The van der Waals surface area contributed by atoms with E-state index in [-0.39, 0.29) is 5.91 Å². The first-order chi connectivity index (χ1) is 9.13. The number of nitrogens with two attached hydrogens (primary N) is 1. The van der Waals surface area contributed by atoms with Gasteiger partial charge in [-0.2, -0.15) is 0 Å². The van der Waals surface area contributed by atoms with Crippen LogP contribution in [-0.4, -0.2) is 55.6 Å². The maximum absolute atomic E-state index is 12.5. The van der Waals surface area contributed by atoms with Crippen molar-refractivity contribution in [2.45, 2.75) is 13.3 Å². The topological polar surface area (TPSA) is 74.5 Å². The molecule has 0 aromatic carbocycles. The van der Waals surface area contributed by atoms with Crippen LogP contribution in [0.4, 0.5) is 10.9 Å². The first-order valence-electron chi connectivity index (χ1n) is 6.61. The first-order valence-corrected chi connectivity index (χ1v) is 7.42. The Labute approximate surface area is 117 Å². The van der Waals surface area contributed by atoms with Crippen molar-refractivity contribution in [2.24, 2.45) is 0 Å². The molecular formula is C12H21N5OS. The minimum atomic E-state index is 0.00875. The number of hydrogen-bond acceptors (Lipinski definition) is 6. The Hall–Kier alpha value is -1.34. The Balaban J connectivity index is 2.16. The van der Waals surface area contributed by atoms with Crippen molar-refractivity contribution in [1.29, 1.82) is 0 Å². The lowest BCUT2D eigenvalue weighted by atomic mass is 10.3. The maximum atomic E-state index is 12.5. The Morgan fingerprint density at radius 3 is 3.05 bits per heavy atom. The molecule has 0 spiro atoms. The molecule has 2 heterocycles. The zero-order valence-electron chi connectivity index (χ0n) is 11.5. The molecule has 1 aliphatic rings. The number of aromatic nitrogens is 1. The molecule has 1 aromatic rings. The van der Waals surface area contributed by atoms with E-state index in [1.165, 1.54) is 11.3 Å². The molecule has 0 aliphatic carbocycles. The highest BCUT2D eigenvalue weighted by atomic mass is 32.1. The third kappa shape index (κ3) is 3.16. The van der Waals surface area contributed by atoms with Crippen molar-refractivity contribution < 1.29 is 4.79 Å². The smallest absolute Gasteiger partial charge is 0.267 e. The summed E-state index contributed by atoms with van der Waals surface area (Å²) in [4.78, 5) is 21.2. The van der Waals surface area contributed by atoms with Crippen LogP contribution in [0.5, 0.6) is 0 Å². The van der Waals surface area contributed by atoms with Gasteiger partial charge in [-0.1, -0.05) is 11.3 Å². The van der Waals surface area contributed by atoms with E-state index in [1.807, 2.05) is 23.8 Å². The van der Waals surface area contributed by atoms with E-state index in [0.717, 1.165) is 44.3 Å². The summed E-state index contributed by atoms with van der Waals surface area (Å²) < 4.78 is 0. The van der Waals surface area contributed by atoms with Crippen molar-refractivity contribution in [3.05, 3.63) is 4.88 Å². The van der Waals surface area contributed by atoms with Crippen molar-refractivity contribution in [3.63, 3.8) is 0 Å². The number of carbonyl (C=O) groups excluding carboxylic acids is 1. The fourth-order valence-corrected chi connectivity index (χ4v) is 2.94. The fraction of sp³-hybridized carbons (Fsp3) is 0.667. The van der Waals surface area contributed by atoms with E-state index in [9.17, 15) is 4.79 Å². The molecule has 1 aromatic heterocycles. The van der Waals surface area contributed by atoms with Gasteiger partial charge in [0.1, 0.15) is 10.7 Å². The average molecular weight is 283 g/mol. The summed E-state index contributed by atoms with van der Waals surface area (Å²) in [6.45, 7) is 6.20. The van der Waals surface area contributed by atoms with E-state index < -0.39 is 0 Å². The second-order valence-electron chi connectivity index (χ2n) is 4.62. The number of rotatable bonds is 3. The number of anilines is 2. The standard InChI is InChI=1S/C12H21N5OS/c1-3-16(2)12-15-10(13)9(19-12)11(18)17-7-4-5-14-6-8-17/h14H,3-8,13H2,1-2H3. The molecule has 1 saturated heterocycles. The predicted octanol–water partition coefficient (Wildman–Crippen LogP) is 0.617. The van der Waals surface area contributed by atoms with E-state index in [2.05, 4.69) is 10.3 Å². The van der Waals surface area contributed by atoms with Crippen LogP contribution in [0.3, 0.4) is 0 Å². The minimum absolute atomic E-state index is 0.00875. The number of thiazole rings is 1. The second-order valence-corrected chi connectivity index (χ2v) is 5.60. The molecule has 19 heavy (non-hydrogen) atoms. The quantitative estimate of drug-likeness (QED) is 0.850. The van der Waals surface area contributed by atoms with Crippen LogP contribution in [0.2, 0.25) is 0 Å². The molecule has 0 saturated carbocycles. The van der Waals surface area contributed by atoms with Crippen LogP contribution >= 0.6 is 11.3 Å². The largest absolute Gasteiger partial charge is 0.382 e. The van der Waals surface area contributed by atoms with Crippen LogP contribution in [0.15, 0.2) is 0 Å². The van der Waals surface area contributed by atoms with Crippen molar-refractivity contribution >= 4 is 28.2 Å². The lowest BCUT2D eigenvalue weighted by Crippen LogP contribution is -2.34. The summed E-state index contributed by atoms with van der Waals surface area (Å²) in [5, 5.41) is 4.09. The number of nitrogen functional groups attached to an aromatic ring is 1. The van der Waals surface area contributed by atoms with Crippen LogP contribution in [-0.2, 0) is 0 Å². The number of amides is 1. The van der Waals surface area contributed by atoms with Crippen LogP contribution in [0.1, 0.15) is 23.0 Å². The van der Waals surface area contributed by atoms with Crippen LogP contribution in [0.25, 0.3) is 0 Å². The molecule has 1 aliphatic heterocycles. The minimum Gasteiger partial charge on any atom is -0.382 e. The van der Waals surface area contributed by atoms with Gasteiger partial charge in [0.2, 0.25) is 0 Å². The van der Waals surface area contributed by atoms with E-state index >= 15 is 0 Å². The Bertz CT molecular complexity index is 439. The molecule has 106 valence electrons. The molecule has 1 fully saturated rings. The first kappa shape index (κ1) is 14.1. The van der Waals surface area contributed by atoms with Gasteiger partial charge >= 0.3 is 0 Å². The number of nitrogens with zero attached hydrogens (tertiary/aromatic N) is 3. The lowest BCUT2D eigenvalue weighted by Gasteiger charge is -2.19. The molecule has 0 bridgehead atoms. The lowest BCUT2D eigenvalue weighted by molar-refractivity contribution is 0.0772. The monoisotopic (exact) mass is 283 g/mol. The van der Waals surface area contributed by atoms with E-state index in [0.29, 0.717) is 10.7 Å². The van der Waals surface area contributed by atoms with Gasteiger partial charge in [-0.15, -0.1) is 0 Å². The SMILES string of the molecule is CCN(C)c1nc(N)c(C(=O)N2CCCNCC2)s1. The third-order valence-electron chi connectivity index (χ3n) is 3.26. The summed E-state index contributed by atoms with van der Waals surface area (Å²) in [7, 11) is 1.95. The van der Waals surface area contributed by atoms with Crippen molar-refractivity contribution in [1.82, 2.24) is 15.2 Å². The van der Waals surface area contributed by atoms with Crippen molar-refractivity contribution in [2.75, 3.05) is 50.4 Å².